The maximum Gasteiger partial charge on any atom is 0.275 e. The molecule has 3 heterocycles. The maximum absolute atomic E-state index is 12.9. The lowest BCUT2D eigenvalue weighted by Crippen LogP contribution is -2.33. The van der Waals surface area contributed by atoms with Crippen LogP contribution in [0.15, 0.2) is 6.07 Å². The van der Waals surface area contributed by atoms with Crippen LogP contribution in [0.2, 0.25) is 0 Å². The van der Waals surface area contributed by atoms with Crippen molar-refractivity contribution in [2.24, 2.45) is 0 Å². The molecule has 148 valence electrons. The molecule has 7 heteroatoms. The SMILES string of the molecule is Cc1nn(C(C)(C)C)c2nc(C(C)C)cc(C(=O)NO[C@@H]3CCCCO3)c12. The monoisotopic (exact) mass is 374 g/mol. The molecule has 0 unspecified atom stereocenters. The van der Waals surface area contributed by atoms with Crippen molar-refractivity contribution in [2.45, 2.75) is 78.6 Å². The quantitative estimate of drug-likeness (QED) is 0.824. The van der Waals surface area contributed by atoms with Crippen molar-refractivity contribution in [3.8, 4) is 0 Å². The molecule has 0 radical (unpaired) electrons. The van der Waals surface area contributed by atoms with Gasteiger partial charge in [0, 0.05) is 18.7 Å². The molecule has 1 N–H and O–H groups in total. The zero-order valence-electron chi connectivity index (χ0n) is 17.1. The van der Waals surface area contributed by atoms with E-state index in [0.29, 0.717) is 12.2 Å². The number of ether oxygens (including phenoxy) is 1. The molecule has 1 aliphatic heterocycles. The summed E-state index contributed by atoms with van der Waals surface area (Å²) in [6.07, 6.45) is 2.46. The summed E-state index contributed by atoms with van der Waals surface area (Å²) in [5, 5.41) is 5.43. The van der Waals surface area contributed by atoms with Gasteiger partial charge in [0.15, 0.2) is 11.9 Å². The normalized spacial score (nSPS) is 18.3. The summed E-state index contributed by atoms with van der Waals surface area (Å²) in [6.45, 7) is 12.9. The first-order valence-electron chi connectivity index (χ1n) is 9.67. The second kappa shape index (κ2) is 7.56. The number of hydrogen-bond acceptors (Lipinski definition) is 5. The lowest BCUT2D eigenvalue weighted by atomic mass is 10.0. The second-order valence-corrected chi connectivity index (χ2v) is 8.46. The first-order valence-corrected chi connectivity index (χ1v) is 9.67. The molecule has 1 fully saturated rings. The lowest BCUT2D eigenvalue weighted by molar-refractivity contribution is -0.186. The summed E-state index contributed by atoms with van der Waals surface area (Å²) < 4.78 is 7.41. The summed E-state index contributed by atoms with van der Waals surface area (Å²) in [4.78, 5) is 23.2. The van der Waals surface area contributed by atoms with Gasteiger partial charge in [0.25, 0.3) is 5.91 Å². The van der Waals surface area contributed by atoms with E-state index in [1.54, 1.807) is 0 Å². The van der Waals surface area contributed by atoms with E-state index < -0.39 is 0 Å². The van der Waals surface area contributed by atoms with E-state index in [2.05, 4.69) is 45.2 Å². The topological polar surface area (TPSA) is 78.3 Å². The van der Waals surface area contributed by atoms with Crippen LogP contribution in [0, 0.1) is 6.92 Å². The average Bonchev–Trinajstić information content (AvgIpc) is 2.97. The van der Waals surface area contributed by atoms with Gasteiger partial charge in [0.2, 0.25) is 0 Å². The number of rotatable bonds is 4. The zero-order chi connectivity index (χ0) is 19.8. The number of hydrogen-bond donors (Lipinski definition) is 1. The highest BCUT2D eigenvalue weighted by Gasteiger charge is 2.26. The van der Waals surface area contributed by atoms with Crippen molar-refractivity contribution in [1.29, 1.82) is 0 Å². The third kappa shape index (κ3) is 4.14. The number of aryl methyl sites for hydroxylation is 1. The van der Waals surface area contributed by atoms with Gasteiger partial charge < -0.3 is 4.74 Å². The molecule has 7 nitrogen and oxygen atoms in total. The zero-order valence-corrected chi connectivity index (χ0v) is 17.1. The molecule has 0 saturated carbocycles. The molecule has 1 atom stereocenters. The minimum absolute atomic E-state index is 0.187. The van der Waals surface area contributed by atoms with Crippen LogP contribution in [-0.4, -0.2) is 33.6 Å². The van der Waals surface area contributed by atoms with E-state index in [0.717, 1.165) is 41.7 Å². The van der Waals surface area contributed by atoms with E-state index in [1.807, 2.05) is 17.7 Å². The molecular weight excluding hydrogens is 344 g/mol. The Morgan fingerprint density at radius 3 is 2.70 bits per heavy atom. The maximum atomic E-state index is 12.9. The number of amides is 1. The fourth-order valence-electron chi connectivity index (χ4n) is 3.23. The van der Waals surface area contributed by atoms with Crippen molar-refractivity contribution >= 4 is 16.9 Å². The van der Waals surface area contributed by atoms with Crippen LogP contribution in [0.25, 0.3) is 11.0 Å². The Bertz CT molecular complexity index is 830. The fourth-order valence-corrected chi connectivity index (χ4v) is 3.23. The van der Waals surface area contributed by atoms with E-state index in [1.165, 1.54) is 0 Å². The number of carbonyl (C=O) groups excluding carboxylic acids is 1. The van der Waals surface area contributed by atoms with Gasteiger partial charge in [-0.1, -0.05) is 13.8 Å². The highest BCUT2D eigenvalue weighted by atomic mass is 16.8. The Kier molecular flexibility index (Phi) is 5.53. The first kappa shape index (κ1) is 19.8. The molecule has 1 saturated heterocycles. The molecule has 27 heavy (non-hydrogen) atoms. The third-order valence-corrected chi connectivity index (χ3v) is 4.73. The van der Waals surface area contributed by atoms with Gasteiger partial charge in [-0.05, 0) is 52.5 Å². The summed E-state index contributed by atoms with van der Waals surface area (Å²) in [6, 6.07) is 1.84. The van der Waals surface area contributed by atoms with Crippen LogP contribution in [0.1, 0.15) is 81.5 Å². The molecular formula is C20H30N4O3. The predicted octanol–water partition coefficient (Wildman–Crippen LogP) is 3.81. The van der Waals surface area contributed by atoms with Crippen molar-refractivity contribution in [1.82, 2.24) is 20.2 Å². The number of nitrogens with zero attached hydrogens (tertiary/aromatic N) is 3. The molecule has 0 bridgehead atoms. The smallest absolute Gasteiger partial charge is 0.275 e. The predicted molar refractivity (Wildman–Crippen MR) is 103 cm³/mol. The number of aromatic nitrogens is 3. The van der Waals surface area contributed by atoms with Crippen LogP contribution in [0.4, 0.5) is 0 Å². The minimum atomic E-state index is -0.386. The lowest BCUT2D eigenvalue weighted by Gasteiger charge is -2.22. The average molecular weight is 374 g/mol. The summed E-state index contributed by atoms with van der Waals surface area (Å²) >= 11 is 0. The Balaban J connectivity index is 2.00. The van der Waals surface area contributed by atoms with Gasteiger partial charge in [0.05, 0.1) is 22.2 Å². The summed E-state index contributed by atoms with van der Waals surface area (Å²) in [7, 11) is 0. The molecule has 0 aromatic carbocycles. The molecule has 1 aliphatic rings. The third-order valence-electron chi connectivity index (χ3n) is 4.73. The van der Waals surface area contributed by atoms with Crippen LogP contribution < -0.4 is 5.48 Å². The van der Waals surface area contributed by atoms with Gasteiger partial charge in [0.1, 0.15) is 0 Å². The number of nitrogens with one attached hydrogen (secondary N) is 1. The molecule has 1 amide bonds. The van der Waals surface area contributed by atoms with Gasteiger partial charge in [-0.15, -0.1) is 0 Å². The highest BCUT2D eigenvalue weighted by Crippen LogP contribution is 2.29. The number of pyridine rings is 1. The van der Waals surface area contributed by atoms with E-state index in [9.17, 15) is 4.79 Å². The fraction of sp³-hybridized carbons (Fsp3) is 0.650. The van der Waals surface area contributed by atoms with Crippen LogP contribution in [0.5, 0.6) is 0 Å². The summed E-state index contributed by atoms with van der Waals surface area (Å²) in [5.41, 5.74) is 5.23. The Morgan fingerprint density at radius 2 is 2.11 bits per heavy atom. The number of hydroxylamine groups is 1. The van der Waals surface area contributed by atoms with E-state index in [-0.39, 0.29) is 23.7 Å². The van der Waals surface area contributed by atoms with Crippen LogP contribution >= 0.6 is 0 Å². The molecule has 0 aliphatic carbocycles. The number of carbonyl (C=O) groups is 1. The van der Waals surface area contributed by atoms with Crippen molar-refractivity contribution in [3.63, 3.8) is 0 Å². The largest absolute Gasteiger partial charge is 0.350 e. The van der Waals surface area contributed by atoms with Gasteiger partial charge >= 0.3 is 0 Å². The van der Waals surface area contributed by atoms with Crippen LogP contribution in [0.3, 0.4) is 0 Å². The Hall–Kier alpha value is -1.99. The van der Waals surface area contributed by atoms with Gasteiger partial charge in [-0.2, -0.15) is 5.10 Å². The summed E-state index contributed by atoms with van der Waals surface area (Å²) in [5.74, 6) is -0.109. The molecule has 3 rings (SSSR count). The number of fused-ring (bicyclic) bond motifs is 1. The van der Waals surface area contributed by atoms with E-state index in [4.69, 9.17) is 14.6 Å². The van der Waals surface area contributed by atoms with Crippen LogP contribution in [-0.2, 0) is 15.1 Å². The standard InChI is InChI=1S/C20H30N4O3/c1-12(2)15-11-14(19(25)23-27-16-9-7-8-10-26-16)17-13(3)22-24(18(17)21-15)20(4,5)6/h11-12,16H,7-10H2,1-6H3,(H,23,25)/t16-/m1/s1. The van der Waals surface area contributed by atoms with Gasteiger partial charge in [-0.3, -0.25) is 4.79 Å². The van der Waals surface area contributed by atoms with Crippen molar-refractivity contribution < 1.29 is 14.4 Å². The van der Waals surface area contributed by atoms with E-state index >= 15 is 0 Å². The highest BCUT2D eigenvalue weighted by molar-refractivity contribution is 6.06. The van der Waals surface area contributed by atoms with Gasteiger partial charge in [-0.25, -0.2) is 20.0 Å². The second-order valence-electron chi connectivity index (χ2n) is 8.46. The van der Waals surface area contributed by atoms with Crippen molar-refractivity contribution in [2.75, 3.05) is 6.61 Å². The first-order chi connectivity index (χ1) is 12.7. The molecule has 0 spiro atoms. The minimum Gasteiger partial charge on any atom is -0.350 e. The van der Waals surface area contributed by atoms with Crippen molar-refractivity contribution in [3.05, 3.63) is 23.0 Å². The molecule has 2 aromatic heterocycles. The molecule has 2 aromatic rings. The Morgan fingerprint density at radius 1 is 1.37 bits per heavy atom. The Labute approximate surface area is 160 Å².